The van der Waals surface area contributed by atoms with Crippen LogP contribution in [0.1, 0.15) is 18.2 Å². The zero-order chi connectivity index (χ0) is 21.8. The summed E-state index contributed by atoms with van der Waals surface area (Å²) in [6.07, 6.45) is 2.37. The number of carbonyl (C=O) groups is 1. The molecule has 31 heavy (non-hydrogen) atoms. The predicted molar refractivity (Wildman–Crippen MR) is 123 cm³/mol. The average molecular weight is 434 g/mol. The number of hydrogen-bond donors (Lipinski definition) is 0. The summed E-state index contributed by atoms with van der Waals surface area (Å²) in [5.74, 6) is 0.814. The molecule has 158 valence electrons. The Morgan fingerprint density at radius 3 is 2.65 bits per heavy atom. The van der Waals surface area contributed by atoms with Crippen LogP contribution in [-0.4, -0.2) is 33.2 Å². The zero-order valence-electron chi connectivity index (χ0n) is 17.4. The Morgan fingerprint density at radius 1 is 1.10 bits per heavy atom. The molecule has 4 rings (SSSR count). The molecule has 2 aromatic heterocycles. The highest BCUT2D eigenvalue weighted by atomic mass is 32.2. The molecule has 2 heterocycles. The summed E-state index contributed by atoms with van der Waals surface area (Å²) >= 11 is 1.27. The van der Waals surface area contributed by atoms with Crippen molar-refractivity contribution in [3.05, 3.63) is 88.6 Å². The van der Waals surface area contributed by atoms with Crippen LogP contribution < -0.4 is 5.56 Å². The van der Waals surface area contributed by atoms with Crippen molar-refractivity contribution >= 4 is 28.6 Å². The lowest BCUT2D eigenvalue weighted by molar-refractivity contribution is -0.127. The fourth-order valence-electron chi connectivity index (χ4n) is 3.41. The molecule has 0 bridgehead atoms. The summed E-state index contributed by atoms with van der Waals surface area (Å²) in [6, 6.07) is 18.7. The summed E-state index contributed by atoms with van der Waals surface area (Å²) in [4.78, 5) is 32.5. The fourth-order valence-corrected chi connectivity index (χ4v) is 4.36. The SMILES string of the molecule is CCc1ccccc1-n1c(SCC(=O)N(C)Cc2ccco2)nc2ccccc2c1=O. The van der Waals surface area contributed by atoms with Gasteiger partial charge in [0.2, 0.25) is 5.91 Å². The molecular weight excluding hydrogens is 410 g/mol. The summed E-state index contributed by atoms with van der Waals surface area (Å²) in [6.45, 7) is 2.45. The molecule has 4 aromatic rings. The normalized spacial score (nSPS) is 11.0. The standard InChI is InChI=1S/C24H23N3O3S/c1-3-17-9-4-7-13-21(17)27-23(29)19-11-5-6-12-20(19)25-24(27)31-16-22(28)26(2)15-18-10-8-14-30-18/h4-14H,3,15-16H2,1-2H3. The van der Waals surface area contributed by atoms with E-state index in [4.69, 9.17) is 9.40 Å². The van der Waals surface area contributed by atoms with Crippen LogP contribution in [0.25, 0.3) is 16.6 Å². The van der Waals surface area contributed by atoms with Crippen molar-refractivity contribution in [1.29, 1.82) is 0 Å². The Kier molecular flexibility index (Phi) is 6.23. The largest absolute Gasteiger partial charge is 0.467 e. The highest BCUT2D eigenvalue weighted by Gasteiger charge is 2.18. The van der Waals surface area contributed by atoms with Crippen molar-refractivity contribution in [2.24, 2.45) is 0 Å². The lowest BCUT2D eigenvalue weighted by atomic mass is 10.1. The summed E-state index contributed by atoms with van der Waals surface area (Å²) < 4.78 is 6.96. The highest BCUT2D eigenvalue weighted by Crippen LogP contribution is 2.24. The second-order valence-corrected chi connectivity index (χ2v) is 8.09. The predicted octanol–water partition coefficient (Wildman–Crippen LogP) is 4.29. The van der Waals surface area contributed by atoms with Crippen molar-refractivity contribution < 1.29 is 9.21 Å². The maximum Gasteiger partial charge on any atom is 0.266 e. The number of nitrogens with zero attached hydrogens (tertiary/aromatic N) is 3. The van der Waals surface area contributed by atoms with Crippen molar-refractivity contribution in [2.75, 3.05) is 12.8 Å². The van der Waals surface area contributed by atoms with Gasteiger partial charge in [0.1, 0.15) is 5.76 Å². The van der Waals surface area contributed by atoms with Crippen LogP contribution in [0.3, 0.4) is 0 Å². The van der Waals surface area contributed by atoms with Gasteiger partial charge in [-0.25, -0.2) is 4.98 Å². The van der Waals surface area contributed by atoms with E-state index >= 15 is 0 Å². The molecule has 0 radical (unpaired) electrons. The molecule has 0 saturated carbocycles. The minimum Gasteiger partial charge on any atom is -0.467 e. The van der Waals surface area contributed by atoms with Gasteiger partial charge in [0, 0.05) is 7.05 Å². The number of carbonyl (C=O) groups excluding carboxylic acids is 1. The number of furan rings is 1. The molecule has 0 atom stereocenters. The maximum absolute atomic E-state index is 13.4. The maximum atomic E-state index is 13.4. The van der Waals surface area contributed by atoms with Crippen LogP contribution in [0.15, 0.2) is 81.3 Å². The second-order valence-electron chi connectivity index (χ2n) is 7.15. The van der Waals surface area contributed by atoms with Crippen LogP contribution in [0.4, 0.5) is 0 Å². The van der Waals surface area contributed by atoms with Gasteiger partial charge in [-0.2, -0.15) is 0 Å². The molecule has 0 aliphatic carbocycles. The van der Waals surface area contributed by atoms with E-state index in [0.717, 1.165) is 23.4 Å². The third kappa shape index (κ3) is 4.41. The van der Waals surface area contributed by atoms with E-state index in [-0.39, 0.29) is 17.2 Å². The van der Waals surface area contributed by atoms with E-state index in [1.807, 2.05) is 48.5 Å². The smallest absolute Gasteiger partial charge is 0.266 e. The third-order valence-corrected chi connectivity index (χ3v) is 6.01. The van der Waals surface area contributed by atoms with Gasteiger partial charge >= 0.3 is 0 Å². The van der Waals surface area contributed by atoms with E-state index in [1.165, 1.54) is 11.8 Å². The summed E-state index contributed by atoms with van der Waals surface area (Å²) in [5.41, 5.74) is 2.33. The van der Waals surface area contributed by atoms with Gasteiger partial charge in [-0.1, -0.05) is 49.0 Å². The molecule has 2 aromatic carbocycles. The van der Waals surface area contributed by atoms with E-state index in [9.17, 15) is 9.59 Å². The molecule has 0 aliphatic rings. The fraction of sp³-hybridized carbons (Fsp3) is 0.208. The van der Waals surface area contributed by atoms with Gasteiger partial charge in [-0.3, -0.25) is 14.2 Å². The first kappa shape index (κ1) is 20.9. The van der Waals surface area contributed by atoms with Crippen LogP contribution in [0.5, 0.6) is 0 Å². The Balaban J connectivity index is 1.69. The molecule has 0 unspecified atom stereocenters. The monoisotopic (exact) mass is 433 g/mol. The van der Waals surface area contributed by atoms with Crippen LogP contribution in [0, 0.1) is 0 Å². The Bertz CT molecular complexity index is 1260. The number of fused-ring (bicyclic) bond motifs is 1. The highest BCUT2D eigenvalue weighted by molar-refractivity contribution is 7.99. The number of hydrogen-bond acceptors (Lipinski definition) is 5. The first-order valence-corrected chi connectivity index (χ1v) is 11.1. The van der Waals surface area contributed by atoms with Gasteiger partial charge < -0.3 is 9.32 Å². The number of para-hydroxylation sites is 2. The molecular formula is C24H23N3O3S. The van der Waals surface area contributed by atoms with Crippen LogP contribution in [-0.2, 0) is 17.8 Å². The van der Waals surface area contributed by atoms with E-state index < -0.39 is 0 Å². The molecule has 0 N–H and O–H groups in total. The molecule has 0 fully saturated rings. The third-order valence-electron chi connectivity index (χ3n) is 5.08. The number of rotatable bonds is 7. The van der Waals surface area contributed by atoms with Gasteiger partial charge in [0.25, 0.3) is 5.56 Å². The number of amides is 1. The van der Waals surface area contributed by atoms with Gasteiger partial charge in [-0.05, 0) is 42.3 Å². The molecule has 7 heteroatoms. The topological polar surface area (TPSA) is 68.3 Å². The molecule has 0 saturated heterocycles. The molecule has 0 spiro atoms. The number of aryl methyl sites for hydroxylation is 1. The molecule has 6 nitrogen and oxygen atoms in total. The first-order chi connectivity index (χ1) is 15.1. The number of aromatic nitrogens is 2. The van der Waals surface area contributed by atoms with Crippen molar-refractivity contribution in [3.63, 3.8) is 0 Å². The molecule has 0 aliphatic heterocycles. The summed E-state index contributed by atoms with van der Waals surface area (Å²) in [5, 5.41) is 1.06. The number of thioether (sulfide) groups is 1. The quantitative estimate of drug-likeness (QED) is 0.321. The van der Waals surface area contributed by atoms with Crippen molar-refractivity contribution in [1.82, 2.24) is 14.5 Å². The van der Waals surface area contributed by atoms with E-state index in [1.54, 1.807) is 34.9 Å². The van der Waals surface area contributed by atoms with Crippen LogP contribution in [0.2, 0.25) is 0 Å². The van der Waals surface area contributed by atoms with Crippen LogP contribution >= 0.6 is 11.8 Å². The minimum absolute atomic E-state index is 0.0702. The van der Waals surface area contributed by atoms with E-state index in [2.05, 4.69) is 6.92 Å². The van der Waals surface area contributed by atoms with Crippen molar-refractivity contribution in [2.45, 2.75) is 25.0 Å². The second kappa shape index (κ2) is 9.22. The Morgan fingerprint density at radius 2 is 1.87 bits per heavy atom. The van der Waals surface area contributed by atoms with Gasteiger partial charge in [0.15, 0.2) is 5.16 Å². The Hall–Kier alpha value is -3.32. The minimum atomic E-state index is -0.134. The van der Waals surface area contributed by atoms with Gasteiger partial charge in [-0.15, -0.1) is 0 Å². The lowest BCUT2D eigenvalue weighted by Gasteiger charge is -2.18. The average Bonchev–Trinajstić information content (AvgIpc) is 3.30. The van der Waals surface area contributed by atoms with Crippen molar-refractivity contribution in [3.8, 4) is 5.69 Å². The van der Waals surface area contributed by atoms with Gasteiger partial charge in [0.05, 0.1) is 35.2 Å². The Labute approximate surface area is 184 Å². The lowest BCUT2D eigenvalue weighted by Crippen LogP contribution is -2.28. The van der Waals surface area contributed by atoms with E-state index in [0.29, 0.717) is 22.6 Å². The first-order valence-electron chi connectivity index (χ1n) is 10.1. The number of benzene rings is 2. The summed E-state index contributed by atoms with van der Waals surface area (Å²) in [7, 11) is 1.73. The molecule has 1 amide bonds. The zero-order valence-corrected chi connectivity index (χ0v) is 18.3.